The van der Waals surface area contributed by atoms with E-state index in [1.54, 1.807) is 0 Å². The fourth-order valence-corrected chi connectivity index (χ4v) is 4.83. The maximum absolute atomic E-state index is 5.62. The molecule has 0 radical (unpaired) electrons. The Hall–Kier alpha value is -1.74. The first-order chi connectivity index (χ1) is 13.3. The second kappa shape index (κ2) is 10.6. The monoisotopic (exact) mass is 360 g/mol. The molecule has 0 N–H and O–H groups in total. The van der Waals surface area contributed by atoms with Crippen molar-refractivity contribution in [2.24, 2.45) is 11.8 Å². The highest BCUT2D eigenvalue weighted by Crippen LogP contribution is 2.34. The van der Waals surface area contributed by atoms with Crippen molar-refractivity contribution in [2.75, 3.05) is 0 Å². The average molecular weight is 361 g/mol. The molecule has 0 nitrogen and oxygen atoms in total. The average Bonchev–Trinajstić information content (AvgIpc) is 2.72. The molecule has 27 heavy (non-hydrogen) atoms. The summed E-state index contributed by atoms with van der Waals surface area (Å²) in [6.45, 7) is 2.30. The molecule has 1 aliphatic carbocycles. The Labute approximate surface area is 166 Å². The third-order valence-corrected chi connectivity index (χ3v) is 6.62. The van der Waals surface area contributed by atoms with E-state index in [1.165, 1.54) is 93.4 Å². The Kier molecular flexibility index (Phi) is 7.82. The van der Waals surface area contributed by atoms with Crippen LogP contribution in [-0.2, 0) is 6.42 Å². The topological polar surface area (TPSA) is 0 Å². The van der Waals surface area contributed by atoms with Crippen LogP contribution in [-0.4, -0.2) is 0 Å². The van der Waals surface area contributed by atoms with Crippen LogP contribution in [0.1, 0.15) is 88.7 Å². The molecular formula is C27H36. The summed E-state index contributed by atoms with van der Waals surface area (Å²) >= 11 is 0. The summed E-state index contributed by atoms with van der Waals surface area (Å²) in [7, 11) is 0. The van der Waals surface area contributed by atoms with Gasteiger partial charge in [-0.2, -0.15) is 0 Å². The van der Waals surface area contributed by atoms with Gasteiger partial charge in [-0.15, -0.1) is 6.42 Å². The molecule has 0 bridgehead atoms. The summed E-state index contributed by atoms with van der Waals surface area (Å²) in [5.41, 5.74) is 2.47. The quantitative estimate of drug-likeness (QED) is 0.315. The van der Waals surface area contributed by atoms with Gasteiger partial charge in [-0.1, -0.05) is 107 Å². The van der Waals surface area contributed by atoms with E-state index in [0.717, 1.165) is 17.4 Å². The van der Waals surface area contributed by atoms with Gasteiger partial charge in [-0.3, -0.25) is 0 Å². The largest absolute Gasteiger partial charge is 0.115 e. The van der Waals surface area contributed by atoms with Crippen LogP contribution in [0, 0.1) is 24.2 Å². The van der Waals surface area contributed by atoms with Crippen LogP contribution in [0.3, 0.4) is 0 Å². The molecule has 1 aliphatic rings. The van der Waals surface area contributed by atoms with Gasteiger partial charge in [-0.05, 0) is 47.1 Å². The van der Waals surface area contributed by atoms with Crippen molar-refractivity contribution in [1.82, 2.24) is 0 Å². The highest BCUT2D eigenvalue weighted by atomic mass is 14.3. The SMILES string of the molecule is C#Cc1cccc2cc(CCC3CCC(CCCCCCC)CC3)ccc12. The van der Waals surface area contributed by atoms with Crippen LogP contribution >= 0.6 is 0 Å². The van der Waals surface area contributed by atoms with Crippen LogP contribution in [0.2, 0.25) is 0 Å². The third-order valence-electron chi connectivity index (χ3n) is 6.62. The smallest absolute Gasteiger partial charge is 0.0321 e. The van der Waals surface area contributed by atoms with Gasteiger partial charge in [0.25, 0.3) is 0 Å². The maximum Gasteiger partial charge on any atom is 0.0321 e. The van der Waals surface area contributed by atoms with Crippen LogP contribution < -0.4 is 0 Å². The molecule has 1 fully saturated rings. The van der Waals surface area contributed by atoms with Crippen molar-refractivity contribution >= 4 is 10.8 Å². The minimum Gasteiger partial charge on any atom is -0.115 e. The summed E-state index contributed by atoms with van der Waals surface area (Å²) in [4.78, 5) is 0. The number of hydrogen-bond acceptors (Lipinski definition) is 0. The summed E-state index contributed by atoms with van der Waals surface area (Å²) in [6.07, 6.45) is 22.7. The van der Waals surface area contributed by atoms with E-state index in [0.29, 0.717) is 0 Å². The first kappa shape index (κ1) is 20.0. The molecule has 2 aromatic rings. The summed E-state index contributed by atoms with van der Waals surface area (Å²) in [5.74, 6) is 4.76. The molecule has 0 aliphatic heterocycles. The Balaban J connectivity index is 1.41. The van der Waals surface area contributed by atoms with Gasteiger partial charge in [0, 0.05) is 5.56 Å². The van der Waals surface area contributed by atoms with Crippen LogP contribution in [0.25, 0.3) is 10.8 Å². The summed E-state index contributed by atoms with van der Waals surface area (Å²) < 4.78 is 0. The molecule has 0 amide bonds. The van der Waals surface area contributed by atoms with Crippen molar-refractivity contribution in [3.05, 3.63) is 47.5 Å². The van der Waals surface area contributed by atoms with Gasteiger partial charge in [0.2, 0.25) is 0 Å². The Morgan fingerprint density at radius 2 is 1.63 bits per heavy atom. The molecule has 1 saturated carbocycles. The number of unbranched alkanes of at least 4 members (excludes halogenated alkanes) is 4. The van der Waals surface area contributed by atoms with Crippen molar-refractivity contribution in [2.45, 2.75) is 84.0 Å². The lowest BCUT2D eigenvalue weighted by atomic mass is 9.77. The highest BCUT2D eigenvalue weighted by molar-refractivity contribution is 5.88. The minimum absolute atomic E-state index is 0.939. The molecule has 3 rings (SSSR count). The normalized spacial score (nSPS) is 19.9. The number of aryl methyl sites for hydroxylation is 1. The highest BCUT2D eigenvalue weighted by Gasteiger charge is 2.20. The van der Waals surface area contributed by atoms with E-state index in [1.807, 2.05) is 6.07 Å². The van der Waals surface area contributed by atoms with E-state index in [2.05, 4.69) is 43.2 Å². The first-order valence-electron chi connectivity index (χ1n) is 11.3. The molecular weight excluding hydrogens is 324 g/mol. The summed E-state index contributed by atoms with van der Waals surface area (Å²) in [5, 5.41) is 2.50. The number of benzene rings is 2. The molecule has 144 valence electrons. The van der Waals surface area contributed by atoms with Gasteiger partial charge >= 0.3 is 0 Å². The summed E-state index contributed by atoms with van der Waals surface area (Å²) in [6, 6.07) is 13.1. The molecule has 0 heterocycles. The van der Waals surface area contributed by atoms with E-state index in [-0.39, 0.29) is 0 Å². The zero-order valence-corrected chi connectivity index (χ0v) is 17.2. The second-order valence-corrected chi connectivity index (χ2v) is 8.63. The van der Waals surface area contributed by atoms with Gasteiger partial charge in [0.15, 0.2) is 0 Å². The number of terminal acetylenes is 1. The number of fused-ring (bicyclic) bond motifs is 1. The standard InChI is InChI=1S/C27H36/c1-3-5-6-7-8-10-22-13-15-23(16-14-22)17-18-24-19-20-27-25(4-2)11-9-12-26(27)21-24/h2,9,11-12,19-23H,3,5-8,10,13-18H2,1H3. The Morgan fingerprint density at radius 1 is 0.889 bits per heavy atom. The molecule has 0 atom stereocenters. The van der Waals surface area contributed by atoms with E-state index in [4.69, 9.17) is 6.42 Å². The predicted molar refractivity (Wildman–Crippen MR) is 119 cm³/mol. The predicted octanol–water partition coefficient (Wildman–Crippen LogP) is 7.92. The second-order valence-electron chi connectivity index (χ2n) is 8.63. The van der Waals surface area contributed by atoms with E-state index in [9.17, 15) is 0 Å². The zero-order valence-electron chi connectivity index (χ0n) is 17.2. The molecule has 0 heteroatoms. The van der Waals surface area contributed by atoms with Crippen LogP contribution in [0.4, 0.5) is 0 Å². The third kappa shape index (κ3) is 5.87. The van der Waals surface area contributed by atoms with Gasteiger partial charge < -0.3 is 0 Å². The molecule has 2 aromatic carbocycles. The fraction of sp³-hybridized carbons (Fsp3) is 0.556. The lowest BCUT2D eigenvalue weighted by Gasteiger charge is -2.28. The van der Waals surface area contributed by atoms with Crippen molar-refractivity contribution in [3.8, 4) is 12.3 Å². The molecule has 0 spiro atoms. The van der Waals surface area contributed by atoms with Crippen molar-refractivity contribution in [3.63, 3.8) is 0 Å². The first-order valence-corrected chi connectivity index (χ1v) is 11.3. The molecule has 0 unspecified atom stereocenters. The van der Waals surface area contributed by atoms with Crippen molar-refractivity contribution in [1.29, 1.82) is 0 Å². The molecule has 0 saturated heterocycles. The van der Waals surface area contributed by atoms with E-state index < -0.39 is 0 Å². The lowest BCUT2D eigenvalue weighted by Crippen LogP contribution is -2.15. The van der Waals surface area contributed by atoms with Crippen molar-refractivity contribution < 1.29 is 0 Å². The fourth-order valence-electron chi connectivity index (χ4n) is 4.83. The Morgan fingerprint density at radius 3 is 2.37 bits per heavy atom. The lowest BCUT2D eigenvalue weighted by molar-refractivity contribution is 0.249. The number of rotatable bonds is 9. The zero-order chi connectivity index (χ0) is 18.9. The number of hydrogen-bond donors (Lipinski definition) is 0. The molecule has 0 aromatic heterocycles. The van der Waals surface area contributed by atoms with Gasteiger partial charge in [-0.25, -0.2) is 0 Å². The van der Waals surface area contributed by atoms with Gasteiger partial charge in [0.1, 0.15) is 0 Å². The van der Waals surface area contributed by atoms with E-state index >= 15 is 0 Å². The van der Waals surface area contributed by atoms with Crippen LogP contribution in [0.15, 0.2) is 36.4 Å². The van der Waals surface area contributed by atoms with Gasteiger partial charge in [0.05, 0.1) is 0 Å². The van der Waals surface area contributed by atoms with Crippen LogP contribution in [0.5, 0.6) is 0 Å². The Bertz CT molecular complexity index is 740. The maximum atomic E-state index is 5.62. The minimum atomic E-state index is 0.939.